The van der Waals surface area contributed by atoms with E-state index in [1.807, 2.05) is 19.9 Å². The fourth-order valence-electron chi connectivity index (χ4n) is 1.85. The maximum atomic E-state index is 12.3. The van der Waals surface area contributed by atoms with Crippen LogP contribution in [0.3, 0.4) is 0 Å². The predicted molar refractivity (Wildman–Crippen MR) is 85.2 cm³/mol. The molecule has 0 heterocycles. The largest absolute Gasteiger partial charge is 0.493 e. The van der Waals surface area contributed by atoms with Crippen LogP contribution in [0.25, 0.3) is 0 Å². The third kappa shape index (κ3) is 6.61. The number of rotatable bonds is 8. The zero-order valence-corrected chi connectivity index (χ0v) is 13.7. The van der Waals surface area contributed by atoms with E-state index in [4.69, 9.17) is 9.84 Å². The van der Waals surface area contributed by atoms with Gasteiger partial charge in [0, 0.05) is 17.5 Å². The van der Waals surface area contributed by atoms with Gasteiger partial charge >= 0.3 is 5.97 Å². The summed E-state index contributed by atoms with van der Waals surface area (Å²) < 4.78 is 5.61. The van der Waals surface area contributed by atoms with Gasteiger partial charge in [-0.1, -0.05) is 19.9 Å². The molecule has 0 atom stereocenters. The maximum absolute atomic E-state index is 12.3. The second kappa shape index (κ2) is 7.82. The topological polar surface area (TPSA) is 75.6 Å². The van der Waals surface area contributed by atoms with Crippen LogP contribution in [0.5, 0.6) is 5.75 Å². The van der Waals surface area contributed by atoms with Gasteiger partial charge in [0.05, 0.1) is 6.61 Å². The molecule has 0 saturated carbocycles. The van der Waals surface area contributed by atoms with Gasteiger partial charge in [-0.3, -0.25) is 9.59 Å². The zero-order valence-electron chi connectivity index (χ0n) is 13.7. The summed E-state index contributed by atoms with van der Waals surface area (Å²) in [6.45, 7) is 8.33. The van der Waals surface area contributed by atoms with Crippen molar-refractivity contribution in [2.75, 3.05) is 6.61 Å². The number of hydrogen-bond acceptors (Lipinski definition) is 3. The Hall–Kier alpha value is -2.04. The Morgan fingerprint density at radius 1 is 1.32 bits per heavy atom. The SMILES string of the molecule is CC(C)COc1cccc(C(=O)NC(C)(C)CCC(=O)O)c1. The molecule has 2 N–H and O–H groups in total. The third-order valence-corrected chi connectivity index (χ3v) is 3.10. The minimum absolute atomic E-state index is 0.0187. The summed E-state index contributed by atoms with van der Waals surface area (Å²) in [7, 11) is 0. The van der Waals surface area contributed by atoms with E-state index in [-0.39, 0.29) is 12.3 Å². The summed E-state index contributed by atoms with van der Waals surface area (Å²) in [6.07, 6.45) is 0.391. The molecule has 0 aromatic heterocycles. The predicted octanol–water partition coefficient (Wildman–Crippen LogP) is 3.09. The Kier molecular flexibility index (Phi) is 6.40. The molecule has 22 heavy (non-hydrogen) atoms. The van der Waals surface area contributed by atoms with Gasteiger partial charge in [0.1, 0.15) is 5.75 Å². The lowest BCUT2D eigenvalue weighted by Crippen LogP contribution is -2.43. The number of hydrogen-bond donors (Lipinski definition) is 2. The molecule has 1 rings (SSSR count). The van der Waals surface area contributed by atoms with Crippen LogP contribution in [0.1, 0.15) is 50.9 Å². The first-order valence-electron chi connectivity index (χ1n) is 7.47. The molecule has 0 aliphatic rings. The fourth-order valence-corrected chi connectivity index (χ4v) is 1.85. The molecule has 1 aromatic rings. The van der Waals surface area contributed by atoms with E-state index in [9.17, 15) is 9.59 Å². The van der Waals surface area contributed by atoms with Gasteiger partial charge in [-0.05, 0) is 44.4 Å². The molecular weight excluding hydrogens is 282 g/mol. The normalized spacial score (nSPS) is 11.3. The number of carbonyl (C=O) groups excluding carboxylic acids is 1. The van der Waals surface area contributed by atoms with Crippen LogP contribution in [-0.2, 0) is 4.79 Å². The second-order valence-corrected chi connectivity index (χ2v) is 6.46. The highest BCUT2D eigenvalue weighted by Crippen LogP contribution is 2.17. The summed E-state index contributed by atoms with van der Waals surface area (Å²) in [5.41, 5.74) is -0.0748. The average Bonchev–Trinajstić information content (AvgIpc) is 2.43. The molecule has 1 amide bonds. The molecule has 0 aliphatic heterocycles. The third-order valence-electron chi connectivity index (χ3n) is 3.10. The molecule has 0 fully saturated rings. The standard InChI is InChI=1S/C17H25NO4/c1-12(2)11-22-14-7-5-6-13(10-14)16(21)18-17(3,4)9-8-15(19)20/h5-7,10,12H,8-9,11H2,1-4H3,(H,18,21)(H,19,20). The first kappa shape index (κ1) is 18.0. The van der Waals surface area contributed by atoms with Gasteiger partial charge < -0.3 is 15.2 Å². The van der Waals surface area contributed by atoms with Crippen molar-refractivity contribution >= 4 is 11.9 Å². The molecule has 0 unspecified atom stereocenters. The van der Waals surface area contributed by atoms with E-state index in [0.29, 0.717) is 30.3 Å². The number of benzene rings is 1. The molecule has 0 spiro atoms. The van der Waals surface area contributed by atoms with Crippen molar-refractivity contribution in [2.45, 2.75) is 46.1 Å². The number of ether oxygens (including phenoxy) is 1. The summed E-state index contributed by atoms with van der Waals surface area (Å²) in [6, 6.07) is 7.00. The van der Waals surface area contributed by atoms with Crippen molar-refractivity contribution in [3.63, 3.8) is 0 Å². The molecule has 5 nitrogen and oxygen atoms in total. The van der Waals surface area contributed by atoms with Crippen molar-refractivity contribution in [3.8, 4) is 5.75 Å². The maximum Gasteiger partial charge on any atom is 0.303 e. The number of carboxylic acids is 1. The van der Waals surface area contributed by atoms with E-state index in [1.54, 1.807) is 18.2 Å². The molecule has 0 bridgehead atoms. The van der Waals surface area contributed by atoms with Crippen LogP contribution in [-0.4, -0.2) is 29.1 Å². The van der Waals surface area contributed by atoms with Gasteiger partial charge in [0.2, 0.25) is 0 Å². The lowest BCUT2D eigenvalue weighted by atomic mass is 9.97. The first-order valence-corrected chi connectivity index (χ1v) is 7.47. The Bertz CT molecular complexity index is 523. The quantitative estimate of drug-likeness (QED) is 0.774. The summed E-state index contributed by atoms with van der Waals surface area (Å²) >= 11 is 0. The highest BCUT2D eigenvalue weighted by molar-refractivity contribution is 5.95. The Morgan fingerprint density at radius 3 is 2.59 bits per heavy atom. The molecule has 0 saturated heterocycles. The number of aliphatic carboxylic acids is 1. The summed E-state index contributed by atoms with van der Waals surface area (Å²) in [5.74, 6) is -0.0334. The molecule has 1 aromatic carbocycles. The van der Waals surface area contributed by atoms with Crippen molar-refractivity contribution in [2.24, 2.45) is 5.92 Å². The highest BCUT2D eigenvalue weighted by Gasteiger charge is 2.22. The fraction of sp³-hybridized carbons (Fsp3) is 0.529. The second-order valence-electron chi connectivity index (χ2n) is 6.46. The number of nitrogens with one attached hydrogen (secondary N) is 1. The Labute approximate surface area is 131 Å². The van der Waals surface area contributed by atoms with Gasteiger partial charge in [-0.25, -0.2) is 0 Å². The van der Waals surface area contributed by atoms with Crippen molar-refractivity contribution in [1.29, 1.82) is 0 Å². The van der Waals surface area contributed by atoms with E-state index in [1.165, 1.54) is 0 Å². The monoisotopic (exact) mass is 307 g/mol. The zero-order chi connectivity index (χ0) is 16.8. The van der Waals surface area contributed by atoms with Crippen LogP contribution in [0, 0.1) is 5.92 Å². The molecule has 0 aliphatic carbocycles. The first-order chi connectivity index (χ1) is 10.2. The van der Waals surface area contributed by atoms with Crippen molar-refractivity contribution in [1.82, 2.24) is 5.32 Å². The highest BCUT2D eigenvalue weighted by atomic mass is 16.5. The van der Waals surface area contributed by atoms with Crippen LogP contribution in [0.2, 0.25) is 0 Å². The Balaban J connectivity index is 2.68. The van der Waals surface area contributed by atoms with Gasteiger partial charge in [-0.15, -0.1) is 0 Å². The van der Waals surface area contributed by atoms with Gasteiger partial charge in [0.25, 0.3) is 5.91 Å². The average molecular weight is 307 g/mol. The minimum atomic E-state index is -0.869. The van der Waals surface area contributed by atoms with Crippen LogP contribution < -0.4 is 10.1 Å². The summed E-state index contributed by atoms with van der Waals surface area (Å²) in [4.78, 5) is 22.9. The van der Waals surface area contributed by atoms with Gasteiger partial charge in [0.15, 0.2) is 0 Å². The molecule has 0 radical (unpaired) electrons. The molecule has 122 valence electrons. The molecule has 5 heteroatoms. The number of amides is 1. The van der Waals surface area contributed by atoms with Crippen molar-refractivity contribution in [3.05, 3.63) is 29.8 Å². The summed E-state index contributed by atoms with van der Waals surface area (Å²) in [5, 5.41) is 11.6. The lowest BCUT2D eigenvalue weighted by Gasteiger charge is -2.25. The van der Waals surface area contributed by atoms with E-state index in [0.717, 1.165) is 0 Å². The van der Waals surface area contributed by atoms with E-state index >= 15 is 0 Å². The van der Waals surface area contributed by atoms with Crippen LogP contribution in [0.15, 0.2) is 24.3 Å². The minimum Gasteiger partial charge on any atom is -0.493 e. The smallest absolute Gasteiger partial charge is 0.303 e. The van der Waals surface area contributed by atoms with E-state index < -0.39 is 11.5 Å². The van der Waals surface area contributed by atoms with Crippen LogP contribution >= 0.6 is 0 Å². The Morgan fingerprint density at radius 2 is 2.00 bits per heavy atom. The number of carbonyl (C=O) groups is 2. The van der Waals surface area contributed by atoms with Crippen LogP contribution in [0.4, 0.5) is 0 Å². The van der Waals surface area contributed by atoms with Gasteiger partial charge in [-0.2, -0.15) is 0 Å². The molecular formula is C17H25NO4. The van der Waals surface area contributed by atoms with E-state index in [2.05, 4.69) is 19.2 Å². The van der Waals surface area contributed by atoms with Crippen molar-refractivity contribution < 1.29 is 19.4 Å². The number of carboxylic acid groups (broad SMARTS) is 1. The lowest BCUT2D eigenvalue weighted by molar-refractivity contribution is -0.137.